The topological polar surface area (TPSA) is 0 Å². The van der Waals surface area contributed by atoms with Crippen LogP contribution in [0.5, 0.6) is 0 Å². The largest absolute Gasteiger partial charge is 0.160 e. The first-order chi connectivity index (χ1) is 12.3. The lowest BCUT2D eigenvalue weighted by atomic mass is 9.99. The van der Waals surface area contributed by atoms with Gasteiger partial charge in [0.25, 0.3) is 0 Å². The second-order valence-electron chi connectivity index (χ2n) is 6.87. The Balaban J connectivity index is 1.47. The highest BCUT2D eigenvalue weighted by Crippen LogP contribution is 2.42. The third-order valence-electron chi connectivity index (χ3n) is 4.12. The highest BCUT2D eigenvalue weighted by atomic mass is 32.2. The zero-order chi connectivity index (χ0) is 17.4. The molecule has 3 rings (SSSR count). The van der Waals surface area contributed by atoms with Crippen molar-refractivity contribution in [2.24, 2.45) is 5.41 Å². The van der Waals surface area contributed by atoms with Gasteiger partial charge in [0.2, 0.25) is 0 Å². The number of hydrogen-bond acceptors (Lipinski definition) is 8. The third kappa shape index (κ3) is 10.4. The molecule has 3 aliphatic heterocycles. The smallest absolute Gasteiger partial charge is 0.0392 e. The highest BCUT2D eigenvalue weighted by Gasteiger charge is 2.34. The van der Waals surface area contributed by atoms with E-state index in [4.69, 9.17) is 0 Å². The van der Waals surface area contributed by atoms with Crippen molar-refractivity contribution < 1.29 is 0 Å². The molecule has 0 N–H and O–H groups in total. The molecule has 8 heteroatoms. The van der Waals surface area contributed by atoms with E-state index in [2.05, 4.69) is 101 Å². The molecule has 25 heavy (non-hydrogen) atoms. The van der Waals surface area contributed by atoms with Crippen LogP contribution in [0.3, 0.4) is 0 Å². The first-order valence-corrected chi connectivity index (χ1v) is 18.0. The molecule has 3 saturated heterocycles. The average Bonchev–Trinajstić information content (AvgIpc) is 3.46. The summed E-state index contributed by atoms with van der Waals surface area (Å²) in [6.07, 6.45) is 0. The van der Waals surface area contributed by atoms with Gasteiger partial charge in [-0.3, -0.25) is 0 Å². The SMILES string of the molecule is CCSCSCC(CSCC1CS1)(CSCC1CS1)CSCC1CS1. The summed E-state index contributed by atoms with van der Waals surface area (Å²) in [7, 11) is 0. The monoisotopic (exact) mass is 490 g/mol. The molecule has 3 aliphatic rings. The van der Waals surface area contributed by atoms with Crippen molar-refractivity contribution in [1.82, 2.24) is 0 Å². The molecule has 0 aromatic carbocycles. The molecule has 0 bridgehead atoms. The lowest BCUT2D eigenvalue weighted by Crippen LogP contribution is -2.34. The molecule has 3 fully saturated rings. The van der Waals surface area contributed by atoms with E-state index in [1.54, 1.807) is 0 Å². The van der Waals surface area contributed by atoms with Crippen LogP contribution < -0.4 is 0 Å². The van der Waals surface area contributed by atoms with E-state index in [0.29, 0.717) is 5.41 Å². The maximum Gasteiger partial charge on any atom is 0.0392 e. The summed E-state index contributed by atoms with van der Waals surface area (Å²) >= 11 is 17.6. The normalized spacial score (nSPS) is 29.4. The maximum atomic E-state index is 2.29. The Kier molecular flexibility index (Phi) is 11.2. The molecule has 0 radical (unpaired) electrons. The first-order valence-electron chi connectivity index (χ1n) is 9.03. The molecule has 3 atom stereocenters. The van der Waals surface area contributed by atoms with Gasteiger partial charge >= 0.3 is 0 Å². The fourth-order valence-corrected chi connectivity index (χ4v) is 12.3. The van der Waals surface area contributed by atoms with Crippen LogP contribution in [-0.4, -0.2) is 84.1 Å². The molecule has 0 aromatic rings. The van der Waals surface area contributed by atoms with Gasteiger partial charge in [-0.05, 0) is 5.75 Å². The van der Waals surface area contributed by atoms with Crippen LogP contribution in [0.2, 0.25) is 0 Å². The molecule has 0 aliphatic carbocycles. The highest BCUT2D eigenvalue weighted by molar-refractivity contribution is 8.16. The number of rotatable bonds is 17. The van der Waals surface area contributed by atoms with Crippen LogP contribution in [0, 0.1) is 5.41 Å². The van der Waals surface area contributed by atoms with Gasteiger partial charge in [0.05, 0.1) is 0 Å². The van der Waals surface area contributed by atoms with Crippen molar-refractivity contribution in [1.29, 1.82) is 0 Å². The minimum absolute atomic E-state index is 0.553. The standard InChI is InChI=1S/C17H30S8/c1-2-18-13-22-12-17(9-19-3-14-6-23-14,10-20-4-15-7-24-15)11-21-5-16-8-25-16/h14-16H,2-13H2,1H3. The van der Waals surface area contributed by atoms with Gasteiger partial charge in [-0.25, -0.2) is 0 Å². The third-order valence-corrected chi connectivity index (χ3v) is 14.6. The van der Waals surface area contributed by atoms with Crippen LogP contribution in [0.1, 0.15) is 6.92 Å². The predicted molar refractivity (Wildman–Crippen MR) is 139 cm³/mol. The van der Waals surface area contributed by atoms with Crippen molar-refractivity contribution >= 4 is 94.1 Å². The van der Waals surface area contributed by atoms with Crippen LogP contribution in [0.4, 0.5) is 0 Å². The van der Waals surface area contributed by atoms with Gasteiger partial charge in [0.1, 0.15) is 0 Å². The van der Waals surface area contributed by atoms with Crippen molar-refractivity contribution in [3.05, 3.63) is 0 Å². The zero-order valence-corrected chi connectivity index (χ0v) is 21.5. The zero-order valence-electron chi connectivity index (χ0n) is 15.0. The lowest BCUT2D eigenvalue weighted by molar-refractivity contribution is 0.516. The van der Waals surface area contributed by atoms with Crippen molar-refractivity contribution in [2.45, 2.75) is 22.7 Å². The summed E-state index contributed by atoms with van der Waals surface area (Å²) < 4.78 is 0. The summed E-state index contributed by atoms with van der Waals surface area (Å²) in [5.41, 5.74) is 0.553. The molecule has 0 aromatic heterocycles. The summed E-state index contributed by atoms with van der Waals surface area (Å²) in [5, 5.41) is 4.24. The number of hydrogen-bond donors (Lipinski definition) is 0. The Morgan fingerprint density at radius 3 is 1.44 bits per heavy atom. The van der Waals surface area contributed by atoms with E-state index in [9.17, 15) is 0 Å². The van der Waals surface area contributed by atoms with E-state index in [-0.39, 0.29) is 0 Å². The fourth-order valence-electron chi connectivity index (χ4n) is 2.36. The Hall–Kier alpha value is 2.80. The second-order valence-corrected chi connectivity index (χ2v) is 16.6. The van der Waals surface area contributed by atoms with Crippen LogP contribution in [-0.2, 0) is 0 Å². The quantitative estimate of drug-likeness (QED) is 0.137. The van der Waals surface area contributed by atoms with Gasteiger partial charge < -0.3 is 0 Å². The van der Waals surface area contributed by atoms with Crippen molar-refractivity contribution in [2.75, 3.05) is 68.4 Å². The van der Waals surface area contributed by atoms with E-state index < -0.39 is 0 Å². The van der Waals surface area contributed by atoms with E-state index in [1.165, 1.54) is 68.4 Å². The molecular formula is C17H30S8. The Morgan fingerprint density at radius 2 is 1.08 bits per heavy atom. The van der Waals surface area contributed by atoms with Gasteiger partial charge in [-0.2, -0.15) is 94.1 Å². The van der Waals surface area contributed by atoms with Crippen LogP contribution in [0.15, 0.2) is 0 Å². The second kappa shape index (κ2) is 12.5. The molecule has 3 heterocycles. The number of thioether (sulfide) groups is 8. The van der Waals surface area contributed by atoms with E-state index in [1.807, 2.05) is 0 Å². The van der Waals surface area contributed by atoms with Crippen molar-refractivity contribution in [3.63, 3.8) is 0 Å². The van der Waals surface area contributed by atoms with Crippen LogP contribution >= 0.6 is 94.1 Å². The fraction of sp³-hybridized carbons (Fsp3) is 1.00. The Morgan fingerprint density at radius 1 is 0.680 bits per heavy atom. The summed E-state index contributed by atoms with van der Waals surface area (Å²) in [6.45, 7) is 2.29. The molecule has 146 valence electrons. The molecular weight excluding hydrogens is 461 g/mol. The van der Waals surface area contributed by atoms with Crippen molar-refractivity contribution in [3.8, 4) is 0 Å². The summed E-state index contributed by atoms with van der Waals surface area (Å²) in [6, 6.07) is 0. The Labute approximate surface area is 189 Å². The molecule has 0 nitrogen and oxygen atoms in total. The van der Waals surface area contributed by atoms with Gasteiger partial charge in [-0.15, -0.1) is 0 Å². The molecule has 0 saturated carbocycles. The van der Waals surface area contributed by atoms with Gasteiger partial charge in [-0.1, -0.05) is 6.92 Å². The van der Waals surface area contributed by atoms with E-state index >= 15 is 0 Å². The summed E-state index contributed by atoms with van der Waals surface area (Å²) in [4.78, 5) is 0. The minimum atomic E-state index is 0.553. The Bertz CT molecular complexity index is 322. The molecule has 3 unspecified atom stereocenters. The van der Waals surface area contributed by atoms with Crippen LogP contribution in [0.25, 0.3) is 0 Å². The maximum absolute atomic E-state index is 2.29. The first kappa shape index (κ1) is 22.5. The minimum Gasteiger partial charge on any atom is -0.160 e. The molecule has 0 amide bonds. The summed E-state index contributed by atoms with van der Waals surface area (Å²) in [5.74, 6) is 15.3. The lowest BCUT2D eigenvalue weighted by Gasteiger charge is -2.33. The molecule has 0 spiro atoms. The predicted octanol–water partition coefficient (Wildman–Crippen LogP) is 5.96. The van der Waals surface area contributed by atoms with Gasteiger partial charge in [0.15, 0.2) is 0 Å². The van der Waals surface area contributed by atoms with Gasteiger partial charge in [0, 0.05) is 83.8 Å². The van der Waals surface area contributed by atoms with E-state index in [0.717, 1.165) is 15.7 Å². The average molecular weight is 491 g/mol.